The van der Waals surface area contributed by atoms with Gasteiger partial charge in [-0.05, 0) is 66.4 Å². The molecule has 0 aliphatic heterocycles. The maximum absolute atomic E-state index is 15.3. The Bertz CT molecular complexity index is 3260. The van der Waals surface area contributed by atoms with Crippen LogP contribution in [-0.4, -0.2) is 48.7 Å². The van der Waals surface area contributed by atoms with E-state index >= 15 is 52.7 Å². The van der Waals surface area contributed by atoms with Gasteiger partial charge in [0.1, 0.15) is 21.2 Å². The standard InChI is InChI=1S/C50H34F12N2O4S2/c1-2-33-35-19-9-11-22-38(35)68-44(33)64(36-20-12-15-30-13-6-8-18-34(30)36)41-24-26-43(70-41)66-29-46(53,54)48(57,58)50(61,62)49(59,60)47(55,56)45(51,52)28-65-42-25-23-40(69-42)63(32-16-4-3-5-17-32)39-27-31-14-7-10-21-37(31)67-39/h3-27H,2,28-29H2,1H3. The van der Waals surface area contributed by atoms with Crippen LogP contribution in [0.25, 0.3) is 32.7 Å². The highest BCUT2D eigenvalue weighted by molar-refractivity contribution is 7.18. The van der Waals surface area contributed by atoms with Gasteiger partial charge < -0.3 is 18.3 Å². The van der Waals surface area contributed by atoms with Crippen molar-refractivity contribution in [3.8, 4) is 10.1 Å². The number of hydrogen-bond donors (Lipinski definition) is 0. The van der Waals surface area contributed by atoms with E-state index in [4.69, 9.17) is 13.6 Å². The number of nitrogens with zero attached hydrogens (tertiary/aromatic N) is 2. The van der Waals surface area contributed by atoms with Crippen molar-refractivity contribution >= 4 is 88.5 Å². The van der Waals surface area contributed by atoms with E-state index in [1.165, 1.54) is 17.0 Å². The van der Waals surface area contributed by atoms with Crippen molar-refractivity contribution in [2.75, 3.05) is 23.0 Å². The van der Waals surface area contributed by atoms with Crippen LogP contribution >= 0.6 is 22.7 Å². The molecule has 0 spiro atoms. The van der Waals surface area contributed by atoms with Crippen LogP contribution in [0.1, 0.15) is 12.5 Å². The zero-order valence-electron chi connectivity index (χ0n) is 35.9. The molecule has 0 amide bonds. The molecule has 0 radical (unpaired) electrons. The molecule has 0 fully saturated rings. The van der Waals surface area contributed by atoms with Crippen molar-refractivity contribution in [2.45, 2.75) is 48.9 Å². The van der Waals surface area contributed by atoms with E-state index in [2.05, 4.69) is 4.74 Å². The Morgan fingerprint density at radius 3 is 1.56 bits per heavy atom. The second-order valence-corrected chi connectivity index (χ2v) is 17.9. The third kappa shape index (κ3) is 8.13. The SMILES string of the molecule is CCc1c(N(c2ccc(OCC(F)(F)C(F)(F)C(F)(F)C(F)(F)C(F)(F)C(F)(F)COc3ccc(N(c4ccccc4)c4cc5ccccc5o4)s3)s2)c2cccc3ccccc23)oc2ccccc12. The first-order valence-corrected chi connectivity index (χ1v) is 22.7. The number of hydrogen-bond acceptors (Lipinski definition) is 8. The highest BCUT2D eigenvalue weighted by atomic mass is 32.1. The molecule has 5 aromatic carbocycles. The summed E-state index contributed by atoms with van der Waals surface area (Å²) in [5.74, 6) is -42.7. The molecule has 70 heavy (non-hydrogen) atoms. The van der Waals surface area contributed by atoms with Crippen LogP contribution in [-0.2, 0) is 6.42 Å². The lowest BCUT2D eigenvalue weighted by Crippen LogP contribution is -2.71. The summed E-state index contributed by atoms with van der Waals surface area (Å²) in [4.78, 5) is 3.05. The summed E-state index contributed by atoms with van der Waals surface area (Å²) in [6, 6.07) is 40.6. The number of benzene rings is 5. The first kappa shape index (κ1) is 48.2. The predicted molar refractivity (Wildman–Crippen MR) is 245 cm³/mol. The Labute approximate surface area is 397 Å². The molecule has 0 aliphatic carbocycles. The molecule has 0 bridgehead atoms. The molecule has 0 saturated carbocycles. The van der Waals surface area contributed by atoms with Gasteiger partial charge in [0, 0.05) is 33.5 Å². The smallest absolute Gasteiger partial charge is 0.384 e. The highest BCUT2D eigenvalue weighted by Gasteiger charge is 2.90. The number of halogens is 12. The van der Waals surface area contributed by atoms with Crippen LogP contribution in [0, 0.1) is 0 Å². The maximum Gasteiger partial charge on any atom is 0.384 e. The fourth-order valence-electron chi connectivity index (χ4n) is 7.73. The predicted octanol–water partition coefficient (Wildman–Crippen LogP) is 17.2. The van der Waals surface area contributed by atoms with E-state index in [-0.39, 0.29) is 21.8 Å². The normalized spacial score (nSPS) is 13.1. The molecule has 6 nitrogen and oxygen atoms in total. The van der Waals surface area contributed by atoms with Gasteiger partial charge in [0.25, 0.3) is 0 Å². The van der Waals surface area contributed by atoms with Crippen molar-refractivity contribution in [1.82, 2.24) is 0 Å². The van der Waals surface area contributed by atoms with Crippen molar-refractivity contribution in [3.63, 3.8) is 0 Å². The first-order valence-electron chi connectivity index (χ1n) is 21.0. The maximum atomic E-state index is 15.3. The first-order chi connectivity index (χ1) is 33.2. The molecule has 4 heterocycles. The van der Waals surface area contributed by atoms with E-state index in [0.29, 0.717) is 68.0 Å². The minimum absolute atomic E-state index is 0.147. The van der Waals surface area contributed by atoms with Gasteiger partial charge in [-0.15, -0.1) is 0 Å². The Kier molecular flexibility index (Phi) is 12.3. The largest absolute Gasteiger partial charge is 0.477 e. The van der Waals surface area contributed by atoms with Gasteiger partial charge in [-0.25, -0.2) is 0 Å². The van der Waals surface area contributed by atoms with Crippen molar-refractivity contribution < 1.29 is 71.0 Å². The van der Waals surface area contributed by atoms with E-state index in [9.17, 15) is 0 Å². The minimum atomic E-state index is -7.82. The van der Waals surface area contributed by atoms with E-state index < -0.39 is 58.9 Å². The molecule has 9 aromatic rings. The van der Waals surface area contributed by atoms with E-state index in [1.54, 1.807) is 114 Å². The van der Waals surface area contributed by atoms with Crippen LogP contribution in [0.4, 0.5) is 85.8 Å². The number of para-hydroxylation sites is 3. The minimum Gasteiger partial charge on any atom is -0.477 e. The molecule has 0 N–H and O–H groups in total. The van der Waals surface area contributed by atoms with Crippen molar-refractivity contribution in [2.24, 2.45) is 0 Å². The lowest BCUT2D eigenvalue weighted by Gasteiger charge is -2.41. The average Bonchev–Trinajstić information content (AvgIpc) is 4.17. The summed E-state index contributed by atoms with van der Waals surface area (Å²) < 4.78 is 203. The topological polar surface area (TPSA) is 51.2 Å². The zero-order chi connectivity index (χ0) is 49.9. The van der Waals surface area contributed by atoms with Gasteiger partial charge in [-0.1, -0.05) is 121 Å². The Morgan fingerprint density at radius 2 is 0.971 bits per heavy atom. The van der Waals surface area contributed by atoms with Crippen LogP contribution in [0.5, 0.6) is 10.1 Å². The van der Waals surface area contributed by atoms with Crippen molar-refractivity contribution in [1.29, 1.82) is 0 Å². The third-order valence-electron chi connectivity index (χ3n) is 11.4. The molecule has 9 rings (SSSR count). The summed E-state index contributed by atoms with van der Waals surface area (Å²) in [6.45, 7) is -3.69. The van der Waals surface area contributed by atoms with E-state index in [1.807, 2.05) is 25.1 Å². The quantitative estimate of drug-likeness (QED) is 0.0799. The zero-order valence-corrected chi connectivity index (χ0v) is 37.6. The summed E-state index contributed by atoms with van der Waals surface area (Å²) >= 11 is 1.04. The number of fused-ring (bicyclic) bond motifs is 3. The lowest BCUT2D eigenvalue weighted by molar-refractivity contribution is -0.427. The summed E-state index contributed by atoms with van der Waals surface area (Å²) in [7, 11) is 0. The lowest BCUT2D eigenvalue weighted by atomic mass is 9.91. The molecule has 4 aromatic heterocycles. The summed E-state index contributed by atoms with van der Waals surface area (Å²) in [6.07, 6.45) is 0.426. The fraction of sp³-hybridized carbons (Fsp3) is 0.200. The second kappa shape index (κ2) is 17.9. The van der Waals surface area contributed by atoms with Gasteiger partial charge >= 0.3 is 35.5 Å². The van der Waals surface area contributed by atoms with Crippen LogP contribution in [0.15, 0.2) is 160 Å². The molecule has 0 atom stereocenters. The molecular weight excluding hydrogens is 985 g/mol. The monoisotopic (exact) mass is 1020 g/mol. The van der Waals surface area contributed by atoms with Crippen LogP contribution < -0.4 is 19.3 Å². The Morgan fingerprint density at radius 1 is 0.471 bits per heavy atom. The van der Waals surface area contributed by atoms with E-state index in [0.717, 1.165) is 22.9 Å². The number of ether oxygens (including phenoxy) is 2. The number of furan rings is 2. The summed E-state index contributed by atoms with van der Waals surface area (Å²) in [5.41, 5.74) is 2.57. The number of anilines is 6. The molecule has 364 valence electrons. The number of aryl methyl sites for hydroxylation is 1. The molecular formula is C50H34F12N2O4S2. The van der Waals surface area contributed by atoms with Gasteiger partial charge in [0.15, 0.2) is 23.3 Å². The number of thiophene rings is 2. The molecule has 0 saturated heterocycles. The Hall–Kier alpha value is -6.80. The molecule has 0 unspecified atom stereocenters. The summed E-state index contributed by atoms with van der Waals surface area (Å²) in [5, 5.41) is 1.88. The Balaban J connectivity index is 0.930. The van der Waals surface area contributed by atoms with Gasteiger partial charge in [0.2, 0.25) is 11.8 Å². The number of rotatable bonds is 18. The average molecular weight is 1020 g/mol. The van der Waals surface area contributed by atoms with Gasteiger partial charge in [-0.3, -0.25) is 9.80 Å². The molecule has 0 aliphatic rings. The highest BCUT2D eigenvalue weighted by Crippen LogP contribution is 2.60. The van der Waals surface area contributed by atoms with Gasteiger partial charge in [-0.2, -0.15) is 52.7 Å². The van der Waals surface area contributed by atoms with Crippen LogP contribution in [0.3, 0.4) is 0 Å². The number of alkyl halides is 12. The third-order valence-corrected chi connectivity index (χ3v) is 13.3. The van der Waals surface area contributed by atoms with Crippen LogP contribution in [0.2, 0.25) is 0 Å². The second-order valence-electron chi connectivity index (χ2n) is 15.8. The van der Waals surface area contributed by atoms with Gasteiger partial charge in [0.05, 0.1) is 5.69 Å². The molecule has 20 heteroatoms. The fourth-order valence-corrected chi connectivity index (χ4v) is 9.48. The van der Waals surface area contributed by atoms with Crippen molar-refractivity contribution in [3.05, 3.63) is 157 Å².